The average Bonchev–Trinajstić information content (AvgIpc) is 1.86. The fraction of sp³-hybridized carbons (Fsp3) is 1.00. The number of piperidine rings is 1. The number of nitrogens with zero attached hydrogens (tertiary/aromatic N) is 1. The van der Waals surface area contributed by atoms with Crippen LogP contribution in [0.4, 0.5) is 13.2 Å². The van der Waals surface area contributed by atoms with Gasteiger partial charge < -0.3 is 0 Å². The maximum atomic E-state index is 12.2. The third-order valence-corrected chi connectivity index (χ3v) is 2.15. The van der Waals surface area contributed by atoms with Crippen molar-refractivity contribution in [3.05, 3.63) is 0 Å². The van der Waals surface area contributed by atoms with Crippen molar-refractivity contribution in [2.45, 2.75) is 31.5 Å². The predicted molar refractivity (Wildman–Crippen MR) is 36.3 cm³/mol. The number of alkyl halides is 3. The maximum Gasteiger partial charge on any atom is 0.404 e. The molecule has 4 heteroatoms. The van der Waals surface area contributed by atoms with Crippen molar-refractivity contribution < 1.29 is 13.2 Å². The molecule has 1 fully saturated rings. The molecule has 1 nitrogen and oxygen atoms in total. The summed E-state index contributed by atoms with van der Waals surface area (Å²) in [7, 11) is 1.54. The van der Waals surface area contributed by atoms with Crippen molar-refractivity contribution in [1.82, 2.24) is 4.90 Å². The lowest BCUT2D eigenvalue weighted by Gasteiger charge is -2.33. The van der Waals surface area contributed by atoms with Crippen molar-refractivity contribution in [3.8, 4) is 0 Å². The highest BCUT2D eigenvalue weighted by Gasteiger charge is 2.42. The molecule has 1 heterocycles. The molecular weight excluding hydrogens is 155 g/mol. The average molecular weight is 167 g/mol. The van der Waals surface area contributed by atoms with Crippen LogP contribution in [0.25, 0.3) is 0 Å². The van der Waals surface area contributed by atoms with Crippen LogP contribution in [0.15, 0.2) is 0 Å². The van der Waals surface area contributed by atoms with Gasteiger partial charge in [0.2, 0.25) is 0 Å². The first-order valence-electron chi connectivity index (χ1n) is 3.79. The van der Waals surface area contributed by atoms with Crippen LogP contribution < -0.4 is 0 Å². The second-order valence-corrected chi connectivity index (χ2v) is 3.03. The fourth-order valence-electron chi connectivity index (χ4n) is 1.49. The second kappa shape index (κ2) is 3.01. The Morgan fingerprint density at radius 1 is 1.27 bits per heavy atom. The molecule has 0 aliphatic carbocycles. The van der Waals surface area contributed by atoms with Crippen LogP contribution in [-0.4, -0.2) is 30.7 Å². The van der Waals surface area contributed by atoms with E-state index in [0.717, 1.165) is 6.42 Å². The summed E-state index contributed by atoms with van der Waals surface area (Å²) >= 11 is 0. The minimum atomic E-state index is -4.03. The first kappa shape index (κ1) is 8.84. The van der Waals surface area contributed by atoms with Crippen molar-refractivity contribution >= 4 is 0 Å². The summed E-state index contributed by atoms with van der Waals surface area (Å²) in [6.07, 6.45) is -2.17. The van der Waals surface area contributed by atoms with Gasteiger partial charge in [-0.2, -0.15) is 13.2 Å². The minimum Gasteiger partial charge on any atom is -0.295 e. The van der Waals surface area contributed by atoms with Crippen LogP contribution in [0, 0.1) is 0 Å². The second-order valence-electron chi connectivity index (χ2n) is 3.03. The van der Waals surface area contributed by atoms with E-state index in [1.807, 2.05) is 0 Å². The third kappa shape index (κ3) is 2.09. The van der Waals surface area contributed by atoms with Crippen LogP contribution in [0.1, 0.15) is 19.3 Å². The molecule has 1 saturated heterocycles. The van der Waals surface area contributed by atoms with Crippen molar-refractivity contribution in [3.63, 3.8) is 0 Å². The Bertz CT molecular complexity index is 132. The van der Waals surface area contributed by atoms with E-state index in [4.69, 9.17) is 0 Å². The molecule has 0 spiro atoms. The summed E-state index contributed by atoms with van der Waals surface area (Å²) in [5.74, 6) is 0. The fourth-order valence-corrected chi connectivity index (χ4v) is 1.49. The first-order valence-corrected chi connectivity index (χ1v) is 3.79. The van der Waals surface area contributed by atoms with Gasteiger partial charge in [0.1, 0.15) is 6.04 Å². The molecule has 0 aromatic carbocycles. The highest BCUT2D eigenvalue weighted by atomic mass is 19.4. The van der Waals surface area contributed by atoms with Crippen molar-refractivity contribution in [1.29, 1.82) is 0 Å². The largest absolute Gasteiger partial charge is 0.404 e. The van der Waals surface area contributed by atoms with Crippen LogP contribution in [-0.2, 0) is 0 Å². The van der Waals surface area contributed by atoms with Gasteiger partial charge in [-0.3, -0.25) is 4.90 Å². The summed E-state index contributed by atoms with van der Waals surface area (Å²) in [4.78, 5) is 1.39. The van der Waals surface area contributed by atoms with Gasteiger partial charge in [0.15, 0.2) is 0 Å². The molecule has 11 heavy (non-hydrogen) atoms. The molecule has 0 radical (unpaired) electrons. The monoisotopic (exact) mass is 167 g/mol. The molecule has 1 rings (SSSR count). The Morgan fingerprint density at radius 3 is 2.27 bits per heavy atom. The van der Waals surface area contributed by atoms with E-state index in [-0.39, 0.29) is 6.42 Å². The number of halogens is 3. The quantitative estimate of drug-likeness (QED) is 0.533. The van der Waals surface area contributed by atoms with E-state index in [9.17, 15) is 13.2 Å². The smallest absolute Gasteiger partial charge is 0.295 e. The zero-order valence-electron chi connectivity index (χ0n) is 6.49. The van der Waals surface area contributed by atoms with Crippen LogP contribution in [0.3, 0.4) is 0 Å². The van der Waals surface area contributed by atoms with E-state index in [1.54, 1.807) is 0 Å². The van der Waals surface area contributed by atoms with Crippen molar-refractivity contribution in [2.75, 3.05) is 13.6 Å². The zero-order chi connectivity index (χ0) is 8.48. The van der Waals surface area contributed by atoms with E-state index in [1.165, 1.54) is 11.9 Å². The molecule has 0 aromatic rings. The molecule has 1 aliphatic heterocycles. The Morgan fingerprint density at radius 2 is 1.91 bits per heavy atom. The Balaban J connectivity index is 2.55. The summed E-state index contributed by atoms with van der Waals surface area (Å²) in [6.45, 7) is 0.574. The Labute approximate surface area is 64.2 Å². The minimum absolute atomic E-state index is 0.264. The van der Waals surface area contributed by atoms with Gasteiger partial charge in [-0.05, 0) is 26.4 Å². The van der Waals surface area contributed by atoms with Gasteiger partial charge in [-0.1, -0.05) is 6.42 Å². The number of rotatable bonds is 0. The molecule has 1 aliphatic rings. The third-order valence-electron chi connectivity index (χ3n) is 2.15. The number of likely N-dealkylation sites (tertiary alicyclic amines) is 1. The lowest BCUT2D eigenvalue weighted by atomic mass is 10.0. The molecule has 0 aromatic heterocycles. The maximum absolute atomic E-state index is 12.2. The summed E-state index contributed by atoms with van der Waals surface area (Å²) in [5.41, 5.74) is 0. The zero-order valence-corrected chi connectivity index (χ0v) is 6.49. The van der Waals surface area contributed by atoms with Crippen LogP contribution >= 0.6 is 0 Å². The van der Waals surface area contributed by atoms with Gasteiger partial charge in [-0.15, -0.1) is 0 Å². The van der Waals surface area contributed by atoms with Gasteiger partial charge in [0.05, 0.1) is 0 Å². The summed E-state index contributed by atoms with van der Waals surface area (Å²) in [6, 6.07) is -1.20. The normalized spacial score (nSPS) is 28.9. The summed E-state index contributed by atoms with van der Waals surface area (Å²) in [5, 5.41) is 0. The van der Waals surface area contributed by atoms with E-state index >= 15 is 0 Å². The Kier molecular flexibility index (Phi) is 2.42. The Hall–Kier alpha value is -0.250. The molecule has 0 N–H and O–H groups in total. The molecular formula is C7H12F3N. The molecule has 0 unspecified atom stereocenters. The molecule has 0 saturated carbocycles. The van der Waals surface area contributed by atoms with Crippen molar-refractivity contribution in [2.24, 2.45) is 0 Å². The molecule has 0 amide bonds. The first-order chi connectivity index (χ1) is 5.02. The molecule has 0 bridgehead atoms. The highest BCUT2D eigenvalue weighted by molar-refractivity contribution is 4.80. The summed E-state index contributed by atoms with van der Waals surface area (Å²) < 4.78 is 36.5. The molecule has 1 atom stereocenters. The predicted octanol–water partition coefficient (Wildman–Crippen LogP) is 2.03. The van der Waals surface area contributed by atoms with Gasteiger partial charge >= 0.3 is 6.18 Å². The van der Waals surface area contributed by atoms with E-state index in [0.29, 0.717) is 13.0 Å². The lowest BCUT2D eigenvalue weighted by molar-refractivity contribution is -0.187. The van der Waals surface area contributed by atoms with Gasteiger partial charge in [0, 0.05) is 0 Å². The lowest BCUT2D eigenvalue weighted by Crippen LogP contribution is -2.46. The number of hydrogen-bond acceptors (Lipinski definition) is 1. The van der Waals surface area contributed by atoms with Gasteiger partial charge in [0.25, 0.3) is 0 Å². The van der Waals surface area contributed by atoms with Gasteiger partial charge in [-0.25, -0.2) is 0 Å². The van der Waals surface area contributed by atoms with Crippen LogP contribution in [0.2, 0.25) is 0 Å². The topological polar surface area (TPSA) is 3.24 Å². The standard InChI is InChI=1S/C7H12F3N/c1-11-5-3-2-4-6(11)7(8,9)10/h6H,2-5H2,1H3/t6-/m1/s1. The number of hydrogen-bond donors (Lipinski definition) is 0. The van der Waals surface area contributed by atoms with E-state index in [2.05, 4.69) is 0 Å². The SMILES string of the molecule is CN1CCCC[C@@H]1C(F)(F)F. The highest BCUT2D eigenvalue weighted by Crippen LogP contribution is 2.30. The van der Waals surface area contributed by atoms with Crippen LogP contribution in [0.5, 0.6) is 0 Å². The van der Waals surface area contributed by atoms with E-state index < -0.39 is 12.2 Å². The molecule has 66 valence electrons.